The molecule has 3 aromatic carbocycles. The Morgan fingerprint density at radius 1 is 1.11 bits per heavy atom. The van der Waals surface area contributed by atoms with Gasteiger partial charge in [-0.1, -0.05) is 30.3 Å². The number of para-hydroxylation sites is 2. The quantitative estimate of drug-likeness (QED) is 0.139. The molecule has 0 saturated carbocycles. The Morgan fingerprint density at radius 3 is 2.63 bits per heavy atom. The number of fused-ring (bicyclic) bond motifs is 2. The average molecular weight is 623 g/mol. The van der Waals surface area contributed by atoms with E-state index in [1.807, 2.05) is 36.4 Å². The van der Waals surface area contributed by atoms with Gasteiger partial charge in [0.2, 0.25) is 5.82 Å². The van der Waals surface area contributed by atoms with E-state index in [4.69, 9.17) is 23.6 Å². The Bertz CT molecular complexity index is 1720. The smallest absolute Gasteiger partial charge is 0.346 e. The van der Waals surface area contributed by atoms with Gasteiger partial charge in [-0.05, 0) is 71.5 Å². The van der Waals surface area contributed by atoms with Crippen LogP contribution in [0, 0.1) is 3.57 Å². The zero-order valence-corrected chi connectivity index (χ0v) is 22.8. The second-order valence-corrected chi connectivity index (χ2v) is 9.44. The topological polar surface area (TPSA) is 105 Å². The predicted octanol–water partition coefficient (Wildman–Crippen LogP) is 5.25. The Kier molecular flexibility index (Phi) is 7.14. The van der Waals surface area contributed by atoms with Crippen molar-refractivity contribution >= 4 is 56.6 Å². The zero-order chi connectivity index (χ0) is 26.8. The highest BCUT2D eigenvalue weighted by atomic mass is 127. The molecular formula is C28H22IN3O6. The summed E-state index contributed by atoms with van der Waals surface area (Å²) < 4.78 is 23.9. The first-order chi connectivity index (χ1) is 18.4. The minimum Gasteiger partial charge on any atom is -0.493 e. The summed E-state index contributed by atoms with van der Waals surface area (Å²) >= 11 is 2.09. The molecule has 38 heavy (non-hydrogen) atoms. The van der Waals surface area contributed by atoms with E-state index in [1.54, 1.807) is 37.3 Å². The number of esters is 1. The van der Waals surface area contributed by atoms with E-state index in [0.29, 0.717) is 42.9 Å². The van der Waals surface area contributed by atoms with Gasteiger partial charge in [0.05, 0.1) is 34.9 Å². The molecule has 2 heterocycles. The Balaban J connectivity index is 1.60. The molecule has 0 amide bonds. The first-order valence-corrected chi connectivity index (χ1v) is 12.6. The number of methoxy groups -OCH3 is 2. The molecule has 0 aliphatic rings. The normalized spacial score (nSPS) is 12.2. The van der Waals surface area contributed by atoms with Gasteiger partial charge >= 0.3 is 5.97 Å². The summed E-state index contributed by atoms with van der Waals surface area (Å²) in [5.41, 5.74) is 1.52. The molecular weight excluding hydrogens is 601 g/mol. The van der Waals surface area contributed by atoms with Gasteiger partial charge in [0.15, 0.2) is 23.4 Å². The standard InChI is InChI=1S/C28H22IN3O6/c1-16(28(34)36-3)37-25-20(29)12-17(13-23(25)35-2)15-30-32-26(24-14-18-8-4-7-11-22(18)38-24)31-21-10-6-5-9-19(21)27(32)33/h4-16H,1-3H3/t16-/m0/s1. The predicted molar refractivity (Wildman–Crippen MR) is 152 cm³/mol. The van der Waals surface area contributed by atoms with Crippen LogP contribution in [0.3, 0.4) is 0 Å². The fourth-order valence-corrected chi connectivity index (χ4v) is 4.68. The molecule has 10 heteroatoms. The highest BCUT2D eigenvalue weighted by molar-refractivity contribution is 14.1. The number of halogens is 1. The van der Waals surface area contributed by atoms with Crippen molar-refractivity contribution in [2.45, 2.75) is 13.0 Å². The van der Waals surface area contributed by atoms with Gasteiger partial charge in [-0.15, -0.1) is 0 Å². The molecule has 5 rings (SSSR count). The lowest BCUT2D eigenvalue weighted by Gasteiger charge is -2.17. The van der Waals surface area contributed by atoms with Crippen LogP contribution >= 0.6 is 22.6 Å². The molecule has 5 aromatic rings. The van der Waals surface area contributed by atoms with Gasteiger partial charge in [-0.25, -0.2) is 9.78 Å². The first-order valence-electron chi connectivity index (χ1n) is 11.6. The molecule has 9 nitrogen and oxygen atoms in total. The van der Waals surface area contributed by atoms with Crippen LogP contribution in [-0.4, -0.2) is 42.2 Å². The van der Waals surface area contributed by atoms with Crippen molar-refractivity contribution in [2.24, 2.45) is 5.10 Å². The van der Waals surface area contributed by atoms with Crippen LogP contribution in [0.1, 0.15) is 12.5 Å². The number of ether oxygens (including phenoxy) is 3. The summed E-state index contributed by atoms with van der Waals surface area (Å²) in [7, 11) is 2.80. The van der Waals surface area contributed by atoms with Gasteiger partial charge < -0.3 is 18.6 Å². The number of benzene rings is 3. The molecule has 0 bridgehead atoms. The molecule has 0 N–H and O–H groups in total. The number of aromatic nitrogens is 2. The van der Waals surface area contributed by atoms with Crippen LogP contribution in [0.5, 0.6) is 11.5 Å². The number of rotatable bonds is 7. The van der Waals surface area contributed by atoms with E-state index in [-0.39, 0.29) is 11.4 Å². The van der Waals surface area contributed by atoms with Crippen LogP contribution in [0.2, 0.25) is 0 Å². The number of carbonyl (C=O) groups excluding carboxylic acids is 1. The number of furan rings is 1. The second kappa shape index (κ2) is 10.7. The van der Waals surface area contributed by atoms with E-state index in [2.05, 4.69) is 27.7 Å². The maximum absolute atomic E-state index is 13.5. The van der Waals surface area contributed by atoms with Gasteiger partial charge in [0.1, 0.15) is 5.58 Å². The van der Waals surface area contributed by atoms with E-state index in [9.17, 15) is 9.59 Å². The van der Waals surface area contributed by atoms with Gasteiger partial charge in [-0.3, -0.25) is 4.79 Å². The summed E-state index contributed by atoms with van der Waals surface area (Å²) in [5, 5.41) is 5.82. The molecule has 192 valence electrons. The minimum atomic E-state index is -0.824. The zero-order valence-electron chi connectivity index (χ0n) is 20.7. The number of nitrogens with zero attached hydrogens (tertiary/aromatic N) is 3. The third-order valence-corrected chi connectivity index (χ3v) is 6.60. The fraction of sp³-hybridized carbons (Fsp3) is 0.143. The highest BCUT2D eigenvalue weighted by Crippen LogP contribution is 2.34. The van der Waals surface area contributed by atoms with Crippen molar-refractivity contribution in [3.63, 3.8) is 0 Å². The molecule has 1 atom stereocenters. The number of hydrogen-bond donors (Lipinski definition) is 0. The van der Waals surface area contributed by atoms with Crippen LogP contribution in [0.25, 0.3) is 33.5 Å². The van der Waals surface area contributed by atoms with Crippen LogP contribution in [0.15, 0.2) is 81.0 Å². The van der Waals surface area contributed by atoms with Crippen LogP contribution in [-0.2, 0) is 9.53 Å². The van der Waals surface area contributed by atoms with Crippen molar-refractivity contribution in [3.05, 3.63) is 86.2 Å². The fourth-order valence-electron chi connectivity index (χ4n) is 3.93. The third kappa shape index (κ3) is 4.86. The maximum Gasteiger partial charge on any atom is 0.346 e. The van der Waals surface area contributed by atoms with E-state index in [0.717, 1.165) is 5.39 Å². The SMILES string of the molecule is COC(=O)[C@H](C)Oc1c(I)cc(C=Nn2c(-c3cc4ccccc4o3)nc3ccccc3c2=O)cc1OC. The summed E-state index contributed by atoms with van der Waals surface area (Å²) in [5.74, 6) is 0.981. The molecule has 0 saturated heterocycles. The van der Waals surface area contributed by atoms with Gasteiger partial charge in [0, 0.05) is 5.39 Å². The molecule has 0 spiro atoms. The minimum absolute atomic E-state index is 0.273. The Hall–Kier alpha value is -4.19. The lowest BCUT2D eigenvalue weighted by Crippen LogP contribution is -2.25. The van der Waals surface area contributed by atoms with E-state index in [1.165, 1.54) is 25.1 Å². The molecule has 0 radical (unpaired) electrons. The van der Waals surface area contributed by atoms with Gasteiger partial charge in [-0.2, -0.15) is 9.78 Å². The molecule has 2 aromatic heterocycles. The average Bonchev–Trinajstić information content (AvgIpc) is 3.37. The van der Waals surface area contributed by atoms with E-state index >= 15 is 0 Å². The number of carbonyl (C=O) groups is 1. The maximum atomic E-state index is 13.5. The van der Waals surface area contributed by atoms with E-state index < -0.39 is 12.1 Å². The molecule has 0 fully saturated rings. The van der Waals surface area contributed by atoms with Crippen molar-refractivity contribution < 1.29 is 23.4 Å². The summed E-state index contributed by atoms with van der Waals surface area (Å²) in [6, 6.07) is 20.0. The largest absolute Gasteiger partial charge is 0.493 e. The molecule has 0 aliphatic heterocycles. The highest BCUT2D eigenvalue weighted by Gasteiger charge is 2.20. The summed E-state index contributed by atoms with van der Waals surface area (Å²) in [6.07, 6.45) is 0.706. The summed E-state index contributed by atoms with van der Waals surface area (Å²) in [6.45, 7) is 1.59. The third-order valence-electron chi connectivity index (χ3n) is 5.80. The molecule has 0 unspecified atom stereocenters. The lowest BCUT2D eigenvalue weighted by molar-refractivity contribution is -0.147. The van der Waals surface area contributed by atoms with Crippen molar-refractivity contribution in [3.8, 4) is 23.1 Å². The summed E-state index contributed by atoms with van der Waals surface area (Å²) in [4.78, 5) is 30.0. The Morgan fingerprint density at radius 2 is 1.87 bits per heavy atom. The van der Waals surface area contributed by atoms with Crippen molar-refractivity contribution in [1.82, 2.24) is 9.66 Å². The second-order valence-electron chi connectivity index (χ2n) is 8.28. The van der Waals surface area contributed by atoms with Crippen molar-refractivity contribution in [1.29, 1.82) is 0 Å². The molecule has 0 aliphatic carbocycles. The Labute approximate surface area is 230 Å². The number of hydrogen-bond acceptors (Lipinski definition) is 8. The van der Waals surface area contributed by atoms with Crippen LogP contribution < -0.4 is 15.0 Å². The van der Waals surface area contributed by atoms with Crippen LogP contribution in [0.4, 0.5) is 0 Å². The monoisotopic (exact) mass is 623 g/mol. The van der Waals surface area contributed by atoms with Gasteiger partial charge in [0.25, 0.3) is 5.56 Å². The first kappa shape index (κ1) is 25.5. The van der Waals surface area contributed by atoms with Crippen molar-refractivity contribution in [2.75, 3.05) is 14.2 Å². The lowest BCUT2D eigenvalue weighted by atomic mass is 10.2.